The lowest BCUT2D eigenvalue weighted by molar-refractivity contribution is -0.385. The number of likely N-dealkylation sites (N-methyl/N-ethyl adjacent to an activating group) is 1. The fourth-order valence-corrected chi connectivity index (χ4v) is 2.13. The molecule has 0 amide bonds. The van der Waals surface area contributed by atoms with Crippen LogP contribution in [0.3, 0.4) is 0 Å². The van der Waals surface area contributed by atoms with Crippen LogP contribution < -0.4 is 4.90 Å². The largest absolute Gasteiger partial charge is 0.383 e. The summed E-state index contributed by atoms with van der Waals surface area (Å²) in [5.74, 6) is 0. The van der Waals surface area contributed by atoms with E-state index in [0.717, 1.165) is 5.69 Å². The van der Waals surface area contributed by atoms with E-state index in [2.05, 4.69) is 15.9 Å². The van der Waals surface area contributed by atoms with Gasteiger partial charge in [-0.05, 0) is 19.1 Å². The van der Waals surface area contributed by atoms with E-state index in [4.69, 9.17) is 4.74 Å². The molecule has 0 aliphatic heterocycles. The van der Waals surface area contributed by atoms with E-state index in [1.54, 1.807) is 19.2 Å². The molecule has 1 aromatic carbocycles. The zero-order valence-electron chi connectivity index (χ0n) is 10.7. The average molecular weight is 317 g/mol. The van der Waals surface area contributed by atoms with Crippen LogP contribution in [0.1, 0.15) is 12.5 Å². The van der Waals surface area contributed by atoms with E-state index in [0.29, 0.717) is 17.5 Å². The third-order valence-corrected chi connectivity index (χ3v) is 3.48. The highest BCUT2D eigenvalue weighted by Crippen LogP contribution is 2.27. The molecule has 1 atom stereocenters. The maximum Gasteiger partial charge on any atom is 0.273 e. The molecule has 0 aliphatic rings. The van der Waals surface area contributed by atoms with Gasteiger partial charge in [0.2, 0.25) is 0 Å². The van der Waals surface area contributed by atoms with Crippen molar-refractivity contribution >= 4 is 27.3 Å². The third kappa shape index (κ3) is 3.43. The summed E-state index contributed by atoms with van der Waals surface area (Å²) in [6, 6.07) is 5.34. The number of nitrogens with zero attached hydrogens (tertiary/aromatic N) is 2. The number of alkyl halides is 1. The van der Waals surface area contributed by atoms with Gasteiger partial charge in [-0.3, -0.25) is 10.1 Å². The van der Waals surface area contributed by atoms with Gasteiger partial charge in [0.1, 0.15) is 0 Å². The Morgan fingerprint density at radius 1 is 1.56 bits per heavy atom. The predicted octanol–water partition coefficient (Wildman–Crippen LogP) is 2.96. The van der Waals surface area contributed by atoms with E-state index in [1.807, 2.05) is 24.9 Å². The highest BCUT2D eigenvalue weighted by atomic mass is 79.9. The number of anilines is 1. The highest BCUT2D eigenvalue weighted by molar-refractivity contribution is 9.08. The average Bonchev–Trinajstić information content (AvgIpc) is 2.37. The summed E-state index contributed by atoms with van der Waals surface area (Å²) in [4.78, 5) is 12.5. The molecule has 0 saturated heterocycles. The van der Waals surface area contributed by atoms with Crippen molar-refractivity contribution in [1.82, 2.24) is 0 Å². The monoisotopic (exact) mass is 316 g/mol. The first kappa shape index (κ1) is 14.9. The molecule has 1 rings (SSSR count). The SMILES string of the molecule is COCC(C)N(C)c1ccc([N+](=O)[O-])c(CBr)c1. The van der Waals surface area contributed by atoms with Crippen molar-refractivity contribution in [3.05, 3.63) is 33.9 Å². The number of hydrogen-bond acceptors (Lipinski definition) is 4. The standard InChI is InChI=1S/C12H17BrN2O3/c1-9(8-18-3)14(2)11-4-5-12(15(16)17)10(6-11)7-13/h4-6,9H,7-8H2,1-3H3. The van der Waals surface area contributed by atoms with Crippen molar-refractivity contribution in [2.75, 3.05) is 25.7 Å². The van der Waals surface area contributed by atoms with Crippen LogP contribution in [0, 0.1) is 10.1 Å². The van der Waals surface area contributed by atoms with Crippen LogP contribution in [-0.4, -0.2) is 31.7 Å². The van der Waals surface area contributed by atoms with Crippen molar-refractivity contribution in [3.63, 3.8) is 0 Å². The number of hydrogen-bond donors (Lipinski definition) is 0. The molecule has 18 heavy (non-hydrogen) atoms. The van der Waals surface area contributed by atoms with Gasteiger partial charge in [0, 0.05) is 42.8 Å². The molecule has 0 spiro atoms. The number of benzene rings is 1. The van der Waals surface area contributed by atoms with Gasteiger partial charge in [-0.25, -0.2) is 0 Å². The lowest BCUT2D eigenvalue weighted by Crippen LogP contribution is -2.32. The fourth-order valence-electron chi connectivity index (χ4n) is 1.68. The molecule has 6 heteroatoms. The van der Waals surface area contributed by atoms with Gasteiger partial charge >= 0.3 is 0 Å². The van der Waals surface area contributed by atoms with Crippen LogP contribution in [-0.2, 0) is 10.1 Å². The summed E-state index contributed by atoms with van der Waals surface area (Å²) in [7, 11) is 3.60. The van der Waals surface area contributed by atoms with E-state index in [9.17, 15) is 10.1 Å². The zero-order valence-corrected chi connectivity index (χ0v) is 12.3. The summed E-state index contributed by atoms with van der Waals surface area (Å²) in [6.45, 7) is 2.65. The van der Waals surface area contributed by atoms with Crippen LogP contribution >= 0.6 is 15.9 Å². The summed E-state index contributed by atoms with van der Waals surface area (Å²) in [5, 5.41) is 11.3. The molecule has 0 heterocycles. The quantitative estimate of drug-likeness (QED) is 0.460. The van der Waals surface area contributed by atoms with Crippen LogP contribution in [0.25, 0.3) is 0 Å². The molecule has 0 aromatic heterocycles. The number of rotatable bonds is 6. The van der Waals surface area contributed by atoms with Gasteiger partial charge in [0.25, 0.3) is 5.69 Å². The van der Waals surface area contributed by atoms with Gasteiger partial charge in [-0.1, -0.05) is 15.9 Å². The van der Waals surface area contributed by atoms with Gasteiger partial charge in [0.05, 0.1) is 11.5 Å². The van der Waals surface area contributed by atoms with Crippen LogP contribution in [0.15, 0.2) is 18.2 Å². The van der Waals surface area contributed by atoms with E-state index in [-0.39, 0.29) is 16.7 Å². The van der Waals surface area contributed by atoms with Crippen LogP contribution in [0.2, 0.25) is 0 Å². The number of methoxy groups -OCH3 is 1. The first-order valence-corrected chi connectivity index (χ1v) is 6.68. The van der Waals surface area contributed by atoms with Gasteiger partial charge < -0.3 is 9.64 Å². The number of halogens is 1. The number of nitro benzene ring substituents is 1. The Morgan fingerprint density at radius 3 is 2.72 bits per heavy atom. The Labute approximate surface area is 115 Å². The highest BCUT2D eigenvalue weighted by Gasteiger charge is 2.16. The van der Waals surface area contributed by atoms with E-state index >= 15 is 0 Å². The lowest BCUT2D eigenvalue weighted by atomic mass is 10.1. The van der Waals surface area contributed by atoms with Crippen molar-refractivity contribution in [2.24, 2.45) is 0 Å². The second kappa shape index (κ2) is 6.70. The molecular formula is C12H17BrN2O3. The maximum absolute atomic E-state index is 10.8. The van der Waals surface area contributed by atoms with Crippen molar-refractivity contribution in [1.29, 1.82) is 0 Å². The Balaban J connectivity index is 3.01. The molecule has 1 unspecified atom stereocenters. The lowest BCUT2D eigenvalue weighted by Gasteiger charge is -2.26. The minimum atomic E-state index is -0.362. The molecule has 0 fully saturated rings. The molecule has 0 N–H and O–H groups in total. The molecule has 0 aliphatic carbocycles. The Kier molecular flexibility index (Phi) is 5.55. The molecule has 0 radical (unpaired) electrons. The molecule has 0 bridgehead atoms. The maximum atomic E-state index is 10.8. The number of ether oxygens (including phenoxy) is 1. The second-order valence-corrected chi connectivity index (χ2v) is 4.68. The van der Waals surface area contributed by atoms with Crippen molar-refractivity contribution < 1.29 is 9.66 Å². The Bertz CT molecular complexity index is 426. The van der Waals surface area contributed by atoms with Crippen LogP contribution in [0.5, 0.6) is 0 Å². The normalized spacial score (nSPS) is 12.2. The topological polar surface area (TPSA) is 55.6 Å². The third-order valence-electron chi connectivity index (χ3n) is 2.88. The van der Waals surface area contributed by atoms with Gasteiger partial charge in [-0.2, -0.15) is 0 Å². The molecular weight excluding hydrogens is 300 g/mol. The molecule has 1 aromatic rings. The summed E-state index contributed by atoms with van der Waals surface area (Å²) in [6.07, 6.45) is 0. The first-order valence-electron chi connectivity index (χ1n) is 5.56. The van der Waals surface area contributed by atoms with Crippen molar-refractivity contribution in [2.45, 2.75) is 18.3 Å². The van der Waals surface area contributed by atoms with Gasteiger partial charge in [0.15, 0.2) is 0 Å². The van der Waals surface area contributed by atoms with Crippen molar-refractivity contribution in [3.8, 4) is 0 Å². The summed E-state index contributed by atoms with van der Waals surface area (Å²) >= 11 is 3.28. The zero-order chi connectivity index (χ0) is 13.7. The fraction of sp³-hybridized carbons (Fsp3) is 0.500. The summed E-state index contributed by atoms with van der Waals surface area (Å²) in [5.41, 5.74) is 1.76. The van der Waals surface area contributed by atoms with Gasteiger partial charge in [-0.15, -0.1) is 0 Å². The molecule has 100 valence electrons. The minimum absolute atomic E-state index is 0.142. The number of nitro groups is 1. The predicted molar refractivity (Wildman–Crippen MR) is 75.5 cm³/mol. The second-order valence-electron chi connectivity index (χ2n) is 4.12. The van der Waals surface area contributed by atoms with E-state index < -0.39 is 0 Å². The van der Waals surface area contributed by atoms with Crippen LogP contribution in [0.4, 0.5) is 11.4 Å². The smallest absolute Gasteiger partial charge is 0.273 e. The summed E-state index contributed by atoms with van der Waals surface area (Å²) < 4.78 is 5.11. The first-order chi connectivity index (χ1) is 8.51. The minimum Gasteiger partial charge on any atom is -0.383 e. The Morgan fingerprint density at radius 2 is 2.22 bits per heavy atom. The molecule has 0 saturated carbocycles. The Hall–Kier alpha value is -1.14. The van der Waals surface area contributed by atoms with E-state index in [1.165, 1.54) is 0 Å². The molecule has 5 nitrogen and oxygen atoms in total.